The van der Waals surface area contributed by atoms with Gasteiger partial charge in [-0.25, -0.2) is 0 Å². The monoisotopic (exact) mass is 282 g/mol. The summed E-state index contributed by atoms with van der Waals surface area (Å²) < 4.78 is 24.0. The van der Waals surface area contributed by atoms with Gasteiger partial charge in [0, 0.05) is 0 Å². The number of halogens is 3. The predicted molar refractivity (Wildman–Crippen MR) is 65.4 cm³/mol. The first kappa shape index (κ1) is 15.1. The van der Waals surface area contributed by atoms with E-state index >= 15 is 0 Å². The fraction of sp³-hybridized carbons (Fsp3) is 0.833. The van der Waals surface area contributed by atoms with Crippen LogP contribution in [-0.4, -0.2) is 0 Å². The Morgan fingerprint density at radius 1 is 0.867 bits per heavy atom. The van der Waals surface area contributed by atoms with Gasteiger partial charge in [-0.3, -0.25) is 0 Å². The number of allylic oxidation sites excluding steroid dienone is 1. The standard InChI is InChI=1S/C12H21BrF2/c1-2-3-4-5-6-7-8-9-10-11(13)12(14)15/h2-10H2,1H3. The second-order valence-electron chi connectivity index (χ2n) is 3.89. The van der Waals surface area contributed by atoms with Crippen LogP contribution in [0.25, 0.3) is 0 Å². The molecule has 0 saturated carbocycles. The largest absolute Gasteiger partial charge is 0.280 e. The van der Waals surface area contributed by atoms with Crippen LogP contribution in [0.4, 0.5) is 8.78 Å². The molecule has 0 fully saturated rings. The molecule has 0 aliphatic heterocycles. The van der Waals surface area contributed by atoms with Crippen LogP contribution in [0.15, 0.2) is 10.6 Å². The molecule has 0 nitrogen and oxygen atoms in total. The fourth-order valence-corrected chi connectivity index (χ4v) is 1.79. The van der Waals surface area contributed by atoms with Crippen LogP contribution >= 0.6 is 15.9 Å². The van der Waals surface area contributed by atoms with Gasteiger partial charge in [0.1, 0.15) is 0 Å². The van der Waals surface area contributed by atoms with Crippen molar-refractivity contribution in [1.29, 1.82) is 0 Å². The zero-order valence-electron chi connectivity index (χ0n) is 9.50. The van der Waals surface area contributed by atoms with Gasteiger partial charge in [-0.05, 0) is 28.8 Å². The molecular formula is C12H21BrF2. The maximum absolute atomic E-state index is 12.0. The Morgan fingerprint density at radius 3 is 1.80 bits per heavy atom. The maximum Gasteiger partial charge on any atom is 0.280 e. The molecule has 0 rings (SSSR count). The van der Waals surface area contributed by atoms with Crippen molar-refractivity contribution >= 4 is 15.9 Å². The summed E-state index contributed by atoms with van der Waals surface area (Å²) in [6, 6.07) is 0. The molecule has 15 heavy (non-hydrogen) atoms. The Kier molecular flexibility index (Phi) is 10.6. The minimum absolute atomic E-state index is 0.0773. The minimum Gasteiger partial charge on any atom is -0.172 e. The first-order valence-electron chi connectivity index (χ1n) is 5.88. The van der Waals surface area contributed by atoms with E-state index in [1.807, 2.05) is 0 Å². The van der Waals surface area contributed by atoms with Crippen LogP contribution in [0, 0.1) is 0 Å². The molecule has 0 unspecified atom stereocenters. The van der Waals surface area contributed by atoms with Gasteiger partial charge in [0.15, 0.2) is 0 Å². The number of unbranched alkanes of at least 4 members (excludes halogenated alkanes) is 7. The molecule has 0 atom stereocenters. The summed E-state index contributed by atoms with van der Waals surface area (Å²) in [6.45, 7) is 2.20. The van der Waals surface area contributed by atoms with E-state index in [4.69, 9.17) is 0 Å². The molecular weight excluding hydrogens is 262 g/mol. The fourth-order valence-electron chi connectivity index (χ4n) is 1.51. The highest BCUT2D eigenvalue weighted by Crippen LogP contribution is 2.21. The Hall–Kier alpha value is 0.0800. The van der Waals surface area contributed by atoms with E-state index in [0.29, 0.717) is 6.42 Å². The second-order valence-corrected chi connectivity index (χ2v) is 4.85. The van der Waals surface area contributed by atoms with Crippen LogP contribution < -0.4 is 0 Å². The summed E-state index contributed by atoms with van der Waals surface area (Å²) in [7, 11) is 0. The van der Waals surface area contributed by atoms with Gasteiger partial charge in [-0.2, -0.15) is 8.78 Å². The molecule has 0 aliphatic rings. The third-order valence-electron chi connectivity index (χ3n) is 2.45. The average molecular weight is 283 g/mol. The van der Waals surface area contributed by atoms with Crippen molar-refractivity contribution in [2.45, 2.75) is 64.7 Å². The third-order valence-corrected chi connectivity index (χ3v) is 3.15. The van der Waals surface area contributed by atoms with Crippen LogP contribution in [0.5, 0.6) is 0 Å². The molecule has 0 aromatic heterocycles. The summed E-state index contributed by atoms with van der Waals surface area (Å²) in [5.74, 6) is 0. The van der Waals surface area contributed by atoms with Gasteiger partial charge in [0.25, 0.3) is 6.08 Å². The Morgan fingerprint density at radius 2 is 1.33 bits per heavy atom. The van der Waals surface area contributed by atoms with Crippen molar-refractivity contribution in [2.75, 3.05) is 0 Å². The van der Waals surface area contributed by atoms with Crippen LogP contribution in [0.3, 0.4) is 0 Å². The highest BCUT2D eigenvalue weighted by Gasteiger charge is 2.01. The second kappa shape index (κ2) is 10.6. The lowest BCUT2D eigenvalue weighted by Gasteiger charge is -2.01. The van der Waals surface area contributed by atoms with Crippen molar-refractivity contribution in [3.63, 3.8) is 0 Å². The van der Waals surface area contributed by atoms with E-state index in [1.54, 1.807) is 0 Å². The maximum atomic E-state index is 12.0. The molecule has 0 aromatic rings. The molecule has 0 bridgehead atoms. The summed E-state index contributed by atoms with van der Waals surface area (Å²) in [5.41, 5.74) is 0. The van der Waals surface area contributed by atoms with E-state index < -0.39 is 6.08 Å². The normalized spacial score (nSPS) is 10.4. The van der Waals surface area contributed by atoms with E-state index in [2.05, 4.69) is 22.9 Å². The van der Waals surface area contributed by atoms with Gasteiger partial charge in [-0.15, -0.1) is 0 Å². The lowest BCUT2D eigenvalue weighted by Crippen LogP contribution is -1.81. The first-order valence-corrected chi connectivity index (χ1v) is 6.67. The molecule has 0 heterocycles. The molecule has 90 valence electrons. The molecule has 3 heteroatoms. The summed E-state index contributed by atoms with van der Waals surface area (Å²) in [6.07, 6.45) is 8.48. The van der Waals surface area contributed by atoms with E-state index in [0.717, 1.165) is 12.8 Å². The van der Waals surface area contributed by atoms with Gasteiger partial charge in [-0.1, -0.05) is 51.9 Å². The Bertz CT molecular complexity index is 174. The van der Waals surface area contributed by atoms with Crippen LogP contribution in [0.1, 0.15) is 64.7 Å². The van der Waals surface area contributed by atoms with Crippen LogP contribution in [0.2, 0.25) is 0 Å². The SMILES string of the molecule is CCCCCCCCCCC(Br)=C(F)F. The van der Waals surface area contributed by atoms with Gasteiger partial charge < -0.3 is 0 Å². The third kappa shape index (κ3) is 10.4. The van der Waals surface area contributed by atoms with Crippen molar-refractivity contribution in [1.82, 2.24) is 0 Å². The molecule has 0 spiro atoms. The molecule has 0 aliphatic carbocycles. The number of hydrogen-bond acceptors (Lipinski definition) is 0. The summed E-state index contributed by atoms with van der Waals surface area (Å²) in [4.78, 5) is 0. The molecule has 0 saturated heterocycles. The molecule has 0 N–H and O–H groups in total. The molecule has 0 amide bonds. The van der Waals surface area contributed by atoms with Crippen molar-refractivity contribution in [2.24, 2.45) is 0 Å². The van der Waals surface area contributed by atoms with E-state index in [-0.39, 0.29) is 4.48 Å². The predicted octanol–water partition coefficient (Wildman–Crippen LogP) is 6.02. The van der Waals surface area contributed by atoms with Crippen molar-refractivity contribution < 1.29 is 8.78 Å². The zero-order valence-corrected chi connectivity index (χ0v) is 11.1. The van der Waals surface area contributed by atoms with E-state index in [9.17, 15) is 8.78 Å². The lowest BCUT2D eigenvalue weighted by molar-refractivity contribution is 0.414. The Balaban J connectivity index is 3.15. The average Bonchev–Trinajstić information content (AvgIpc) is 2.21. The number of rotatable bonds is 9. The van der Waals surface area contributed by atoms with Crippen molar-refractivity contribution in [3.05, 3.63) is 10.6 Å². The smallest absolute Gasteiger partial charge is 0.172 e. The lowest BCUT2D eigenvalue weighted by atomic mass is 10.1. The number of hydrogen-bond donors (Lipinski definition) is 0. The van der Waals surface area contributed by atoms with Gasteiger partial charge in [0.2, 0.25) is 0 Å². The quantitative estimate of drug-likeness (QED) is 0.454. The highest BCUT2D eigenvalue weighted by molar-refractivity contribution is 9.11. The van der Waals surface area contributed by atoms with Crippen molar-refractivity contribution in [3.8, 4) is 0 Å². The molecule has 0 radical (unpaired) electrons. The highest BCUT2D eigenvalue weighted by atomic mass is 79.9. The zero-order chi connectivity index (χ0) is 11.5. The molecule has 0 aromatic carbocycles. The van der Waals surface area contributed by atoms with E-state index in [1.165, 1.54) is 38.5 Å². The van der Waals surface area contributed by atoms with Gasteiger partial charge >= 0.3 is 0 Å². The first-order chi connectivity index (χ1) is 7.18. The summed E-state index contributed by atoms with van der Waals surface area (Å²) in [5, 5.41) is 0. The topological polar surface area (TPSA) is 0 Å². The minimum atomic E-state index is -1.57. The Labute approximate surface area is 100 Å². The van der Waals surface area contributed by atoms with Crippen LogP contribution in [-0.2, 0) is 0 Å². The van der Waals surface area contributed by atoms with Gasteiger partial charge in [0.05, 0.1) is 4.48 Å². The summed E-state index contributed by atoms with van der Waals surface area (Å²) >= 11 is 2.88.